The molecule has 102 valence electrons. The molecule has 8 heteroatoms. The molecule has 0 aromatic heterocycles. The highest BCUT2D eigenvalue weighted by Crippen LogP contribution is 2.29. The molecule has 3 N–H and O–H groups in total. The third kappa shape index (κ3) is 3.69. The molecule has 0 bridgehead atoms. The predicted octanol–water partition coefficient (Wildman–Crippen LogP) is 1.33. The van der Waals surface area contributed by atoms with E-state index in [-0.39, 0.29) is 11.4 Å². The van der Waals surface area contributed by atoms with Crippen molar-refractivity contribution in [2.75, 3.05) is 6.54 Å². The number of benzene rings is 1. The van der Waals surface area contributed by atoms with Crippen LogP contribution in [0.3, 0.4) is 0 Å². The van der Waals surface area contributed by atoms with Crippen LogP contribution in [-0.2, 0) is 16.2 Å². The molecular formula is C10H13F3N2O2S. The first kappa shape index (κ1) is 14.9. The minimum Gasteiger partial charge on any atom is -0.329 e. The molecule has 0 saturated carbocycles. The van der Waals surface area contributed by atoms with Crippen molar-refractivity contribution in [1.29, 1.82) is 0 Å². The summed E-state index contributed by atoms with van der Waals surface area (Å²) >= 11 is 0. The summed E-state index contributed by atoms with van der Waals surface area (Å²) in [6, 6.07) is 2.78. The summed E-state index contributed by atoms with van der Waals surface area (Å²) < 4.78 is 62.6. The maximum absolute atomic E-state index is 12.3. The molecule has 0 heterocycles. The normalized spacial score (nSPS) is 14.5. The summed E-state index contributed by atoms with van der Waals surface area (Å²) in [5.74, 6) is 0. The number of alkyl halides is 3. The molecule has 0 radical (unpaired) electrons. The van der Waals surface area contributed by atoms with Gasteiger partial charge < -0.3 is 5.73 Å². The smallest absolute Gasteiger partial charge is 0.329 e. The van der Waals surface area contributed by atoms with Crippen LogP contribution in [0.2, 0.25) is 0 Å². The molecule has 0 unspecified atom stereocenters. The van der Waals surface area contributed by atoms with Crippen molar-refractivity contribution in [3.05, 3.63) is 29.8 Å². The van der Waals surface area contributed by atoms with Crippen LogP contribution in [0.15, 0.2) is 29.2 Å². The zero-order valence-corrected chi connectivity index (χ0v) is 10.3. The zero-order chi connectivity index (χ0) is 14.0. The fourth-order valence-electron chi connectivity index (χ4n) is 1.20. The second-order valence-electron chi connectivity index (χ2n) is 3.78. The number of sulfonamides is 1. The van der Waals surface area contributed by atoms with Crippen LogP contribution >= 0.6 is 0 Å². The summed E-state index contributed by atoms with van der Waals surface area (Å²) in [5.41, 5.74) is 4.37. The van der Waals surface area contributed by atoms with Crippen LogP contribution in [0.5, 0.6) is 0 Å². The lowest BCUT2D eigenvalue weighted by Crippen LogP contribution is -2.37. The van der Waals surface area contributed by atoms with Gasteiger partial charge in [0, 0.05) is 12.6 Å². The van der Waals surface area contributed by atoms with E-state index in [1.54, 1.807) is 6.92 Å². The predicted molar refractivity (Wildman–Crippen MR) is 60.3 cm³/mol. The molecular weight excluding hydrogens is 269 g/mol. The summed E-state index contributed by atoms with van der Waals surface area (Å²) in [6.45, 7) is 1.65. The van der Waals surface area contributed by atoms with Gasteiger partial charge in [0.1, 0.15) is 0 Å². The fourth-order valence-corrected chi connectivity index (χ4v) is 2.46. The van der Waals surface area contributed by atoms with E-state index in [0.717, 1.165) is 24.3 Å². The van der Waals surface area contributed by atoms with E-state index < -0.39 is 27.8 Å². The quantitative estimate of drug-likeness (QED) is 0.875. The maximum atomic E-state index is 12.3. The minimum atomic E-state index is -4.49. The highest BCUT2D eigenvalue weighted by atomic mass is 32.2. The minimum absolute atomic E-state index is 0.0971. The lowest BCUT2D eigenvalue weighted by molar-refractivity contribution is -0.137. The second kappa shape index (κ2) is 5.25. The molecule has 0 aliphatic rings. The number of hydrogen-bond donors (Lipinski definition) is 2. The van der Waals surface area contributed by atoms with E-state index in [2.05, 4.69) is 4.72 Å². The van der Waals surface area contributed by atoms with Crippen molar-refractivity contribution in [1.82, 2.24) is 4.72 Å². The lowest BCUT2D eigenvalue weighted by Gasteiger charge is -2.12. The lowest BCUT2D eigenvalue weighted by atomic mass is 10.2. The highest BCUT2D eigenvalue weighted by Gasteiger charge is 2.30. The number of rotatable bonds is 4. The molecule has 18 heavy (non-hydrogen) atoms. The summed E-state index contributed by atoms with van der Waals surface area (Å²) in [5, 5.41) is 0. The molecule has 1 rings (SSSR count). The van der Waals surface area contributed by atoms with Crippen molar-refractivity contribution in [2.24, 2.45) is 5.73 Å². The molecule has 1 atom stereocenters. The number of halogens is 3. The van der Waals surface area contributed by atoms with Gasteiger partial charge in [-0.25, -0.2) is 13.1 Å². The molecule has 1 aromatic carbocycles. The fraction of sp³-hybridized carbons (Fsp3) is 0.400. The van der Waals surface area contributed by atoms with Crippen LogP contribution in [0.25, 0.3) is 0 Å². The Balaban J connectivity index is 2.98. The maximum Gasteiger partial charge on any atom is 0.416 e. The average molecular weight is 282 g/mol. The Morgan fingerprint density at radius 2 is 1.78 bits per heavy atom. The topological polar surface area (TPSA) is 72.2 Å². The second-order valence-corrected chi connectivity index (χ2v) is 5.49. The van der Waals surface area contributed by atoms with Crippen LogP contribution < -0.4 is 10.5 Å². The van der Waals surface area contributed by atoms with Gasteiger partial charge in [-0.1, -0.05) is 0 Å². The number of nitrogens with one attached hydrogen (secondary N) is 1. The third-order valence-corrected chi connectivity index (χ3v) is 3.81. The van der Waals surface area contributed by atoms with Gasteiger partial charge in [-0.3, -0.25) is 0 Å². The van der Waals surface area contributed by atoms with Crippen molar-refractivity contribution in [2.45, 2.75) is 24.0 Å². The molecule has 0 saturated heterocycles. The summed E-state index contributed by atoms with van der Waals surface area (Å²) in [6.07, 6.45) is -4.49. The van der Waals surface area contributed by atoms with E-state index in [1.165, 1.54) is 0 Å². The van der Waals surface area contributed by atoms with Crippen molar-refractivity contribution < 1.29 is 21.6 Å². The van der Waals surface area contributed by atoms with Crippen LogP contribution in [-0.4, -0.2) is 21.0 Å². The van der Waals surface area contributed by atoms with Crippen LogP contribution in [0, 0.1) is 0 Å². The van der Waals surface area contributed by atoms with Crippen LogP contribution in [0.4, 0.5) is 13.2 Å². The SMILES string of the molecule is C[C@@H](CN)NS(=O)(=O)c1ccc(C(F)(F)F)cc1. The van der Waals surface area contributed by atoms with E-state index in [0.29, 0.717) is 0 Å². The first-order valence-corrected chi connectivity index (χ1v) is 6.55. The van der Waals surface area contributed by atoms with Gasteiger partial charge in [-0.05, 0) is 31.2 Å². The van der Waals surface area contributed by atoms with Gasteiger partial charge in [0.25, 0.3) is 0 Å². The van der Waals surface area contributed by atoms with Crippen molar-refractivity contribution >= 4 is 10.0 Å². The Labute approximate surface area is 103 Å². The molecule has 1 aromatic rings. The van der Waals surface area contributed by atoms with Gasteiger partial charge in [0.2, 0.25) is 10.0 Å². The van der Waals surface area contributed by atoms with E-state index >= 15 is 0 Å². The monoisotopic (exact) mass is 282 g/mol. The first-order chi connectivity index (χ1) is 8.16. The number of hydrogen-bond acceptors (Lipinski definition) is 3. The van der Waals surface area contributed by atoms with Gasteiger partial charge in [-0.15, -0.1) is 0 Å². The zero-order valence-electron chi connectivity index (χ0n) is 9.53. The summed E-state index contributed by atoms with van der Waals surface area (Å²) in [7, 11) is -3.83. The molecule has 0 fully saturated rings. The largest absolute Gasteiger partial charge is 0.416 e. The van der Waals surface area contributed by atoms with Gasteiger partial charge in [0.05, 0.1) is 10.5 Å². The van der Waals surface area contributed by atoms with Gasteiger partial charge in [-0.2, -0.15) is 13.2 Å². The van der Waals surface area contributed by atoms with Gasteiger partial charge in [0.15, 0.2) is 0 Å². The van der Waals surface area contributed by atoms with Gasteiger partial charge >= 0.3 is 6.18 Å². The van der Waals surface area contributed by atoms with Crippen LogP contribution in [0.1, 0.15) is 12.5 Å². The molecule has 0 amide bonds. The van der Waals surface area contributed by atoms with Crippen molar-refractivity contribution in [3.8, 4) is 0 Å². The Bertz CT molecular complexity index is 497. The van der Waals surface area contributed by atoms with E-state index in [4.69, 9.17) is 5.73 Å². The third-order valence-electron chi connectivity index (χ3n) is 2.20. The Hall–Kier alpha value is -1.12. The Morgan fingerprint density at radius 3 is 2.17 bits per heavy atom. The first-order valence-electron chi connectivity index (χ1n) is 5.06. The van der Waals surface area contributed by atoms with E-state index in [9.17, 15) is 21.6 Å². The standard InChI is InChI=1S/C10H13F3N2O2S/c1-7(6-14)15-18(16,17)9-4-2-8(3-5-9)10(11,12)13/h2-5,7,15H,6,14H2,1H3/t7-/m0/s1. The molecule has 0 aliphatic heterocycles. The van der Waals surface area contributed by atoms with E-state index in [1.807, 2.05) is 0 Å². The number of nitrogens with two attached hydrogens (primary N) is 1. The molecule has 4 nitrogen and oxygen atoms in total. The molecule has 0 spiro atoms. The summed E-state index contributed by atoms with van der Waals surface area (Å²) in [4.78, 5) is -0.226. The molecule has 0 aliphatic carbocycles. The van der Waals surface area contributed by atoms with Crippen molar-refractivity contribution in [3.63, 3.8) is 0 Å². The Morgan fingerprint density at radius 1 is 1.28 bits per heavy atom. The Kier molecular flexibility index (Phi) is 4.36. The average Bonchev–Trinajstić information content (AvgIpc) is 2.27. The highest BCUT2D eigenvalue weighted by molar-refractivity contribution is 7.89.